The van der Waals surface area contributed by atoms with Crippen LogP contribution in [0, 0.1) is 28.6 Å². The lowest BCUT2D eigenvalue weighted by Crippen LogP contribution is -2.26. The van der Waals surface area contributed by atoms with E-state index in [4.69, 9.17) is 4.74 Å². The number of hydrogen-bond acceptors (Lipinski definition) is 4. The number of thiophene rings is 1. The number of benzene rings is 1. The van der Waals surface area contributed by atoms with Crippen molar-refractivity contribution in [1.29, 1.82) is 5.26 Å². The van der Waals surface area contributed by atoms with Crippen LogP contribution in [-0.4, -0.2) is 12.8 Å². The van der Waals surface area contributed by atoms with E-state index >= 15 is 0 Å². The molecule has 0 fully saturated rings. The number of hydrogen-bond donors (Lipinski definition) is 0. The van der Waals surface area contributed by atoms with Crippen molar-refractivity contribution in [3.05, 3.63) is 45.8 Å². The van der Waals surface area contributed by atoms with Crippen LogP contribution in [0.2, 0.25) is 0 Å². The van der Waals surface area contributed by atoms with E-state index in [1.54, 1.807) is 11.3 Å². The van der Waals surface area contributed by atoms with Gasteiger partial charge in [0.05, 0.1) is 12.2 Å². The van der Waals surface area contributed by atoms with Gasteiger partial charge in [-0.1, -0.05) is 34.6 Å². The lowest BCUT2D eigenvalue weighted by atomic mass is 9.72. The predicted molar refractivity (Wildman–Crippen MR) is 118 cm³/mol. The molecule has 1 heterocycles. The van der Waals surface area contributed by atoms with Crippen LogP contribution in [0.4, 0.5) is 5.00 Å². The summed E-state index contributed by atoms with van der Waals surface area (Å²) in [6, 6.07) is 10.4. The zero-order valence-electron chi connectivity index (χ0n) is 17.6. The summed E-state index contributed by atoms with van der Waals surface area (Å²) in [6.45, 7) is 11.9. The zero-order chi connectivity index (χ0) is 20.3. The summed E-state index contributed by atoms with van der Waals surface area (Å²) in [7, 11) is 0. The Bertz CT molecular complexity index is 879. The molecule has 0 bridgehead atoms. The molecule has 1 aromatic heterocycles. The minimum Gasteiger partial charge on any atom is -0.493 e. The summed E-state index contributed by atoms with van der Waals surface area (Å²) >= 11 is 1.70. The van der Waals surface area contributed by atoms with Gasteiger partial charge in [-0.25, -0.2) is 4.99 Å². The Kier molecular flexibility index (Phi) is 6.25. The molecule has 1 aliphatic rings. The monoisotopic (exact) mass is 394 g/mol. The van der Waals surface area contributed by atoms with Crippen molar-refractivity contribution >= 4 is 22.6 Å². The molecule has 4 heteroatoms. The molecular formula is C24H30N2OS. The highest BCUT2D eigenvalue weighted by molar-refractivity contribution is 7.16. The number of ether oxygens (including phenoxy) is 1. The van der Waals surface area contributed by atoms with E-state index in [0.717, 1.165) is 47.7 Å². The number of nitriles is 1. The van der Waals surface area contributed by atoms with Crippen LogP contribution in [0.15, 0.2) is 29.3 Å². The highest BCUT2D eigenvalue weighted by atomic mass is 32.1. The van der Waals surface area contributed by atoms with Crippen LogP contribution in [0.3, 0.4) is 0 Å². The maximum atomic E-state index is 9.69. The van der Waals surface area contributed by atoms with Gasteiger partial charge in [0, 0.05) is 11.1 Å². The molecule has 28 heavy (non-hydrogen) atoms. The first-order valence-corrected chi connectivity index (χ1v) is 10.9. The first kappa shape index (κ1) is 20.6. The second-order valence-electron chi connectivity index (χ2n) is 9.13. The topological polar surface area (TPSA) is 45.4 Å². The quantitative estimate of drug-likeness (QED) is 0.539. The average Bonchev–Trinajstić information content (AvgIpc) is 3.01. The molecule has 3 rings (SSSR count). The van der Waals surface area contributed by atoms with Gasteiger partial charge in [0.25, 0.3) is 0 Å². The van der Waals surface area contributed by atoms with Gasteiger partial charge in [-0.3, -0.25) is 0 Å². The molecule has 148 valence electrons. The van der Waals surface area contributed by atoms with E-state index in [2.05, 4.69) is 45.7 Å². The van der Waals surface area contributed by atoms with Gasteiger partial charge in [-0.2, -0.15) is 5.26 Å². The molecule has 0 saturated carbocycles. The van der Waals surface area contributed by atoms with Gasteiger partial charge in [-0.15, -0.1) is 11.3 Å². The van der Waals surface area contributed by atoms with Gasteiger partial charge in [0.1, 0.15) is 16.8 Å². The van der Waals surface area contributed by atoms with Crippen molar-refractivity contribution in [3.63, 3.8) is 0 Å². The van der Waals surface area contributed by atoms with E-state index in [1.807, 2.05) is 30.5 Å². The molecule has 3 nitrogen and oxygen atoms in total. The molecule has 1 atom stereocenters. The molecule has 0 saturated heterocycles. The first-order valence-electron chi connectivity index (χ1n) is 10.1. The van der Waals surface area contributed by atoms with Crippen LogP contribution in [0.25, 0.3) is 0 Å². The van der Waals surface area contributed by atoms with Gasteiger partial charge in [-0.05, 0) is 71.9 Å². The first-order chi connectivity index (χ1) is 13.3. The molecule has 0 N–H and O–H groups in total. The van der Waals surface area contributed by atoms with Crippen molar-refractivity contribution in [2.75, 3.05) is 6.61 Å². The summed E-state index contributed by atoms with van der Waals surface area (Å²) in [6.07, 6.45) is 5.07. The number of nitrogens with zero attached hydrogens (tertiary/aromatic N) is 2. The molecule has 0 radical (unpaired) electrons. The largest absolute Gasteiger partial charge is 0.493 e. The van der Waals surface area contributed by atoms with Crippen LogP contribution >= 0.6 is 11.3 Å². The van der Waals surface area contributed by atoms with E-state index in [-0.39, 0.29) is 0 Å². The Hall–Kier alpha value is -2.12. The van der Waals surface area contributed by atoms with Gasteiger partial charge in [0.2, 0.25) is 0 Å². The van der Waals surface area contributed by atoms with Gasteiger partial charge >= 0.3 is 0 Å². The van der Waals surface area contributed by atoms with Crippen molar-refractivity contribution < 1.29 is 4.74 Å². The van der Waals surface area contributed by atoms with Gasteiger partial charge < -0.3 is 4.74 Å². The van der Waals surface area contributed by atoms with Crippen molar-refractivity contribution in [2.24, 2.45) is 22.2 Å². The third kappa shape index (κ3) is 4.83. The lowest BCUT2D eigenvalue weighted by molar-refractivity contribution is 0.218. The van der Waals surface area contributed by atoms with Crippen molar-refractivity contribution in [2.45, 2.75) is 53.9 Å². The second-order valence-corrected chi connectivity index (χ2v) is 10.2. The SMILES string of the molecule is CC(C)COc1ccc(C=Nc2sc3c(c2C#N)CC[C@@H](C(C)(C)C)C3)cc1. The lowest BCUT2D eigenvalue weighted by Gasteiger charge is -2.33. The smallest absolute Gasteiger partial charge is 0.134 e. The van der Waals surface area contributed by atoms with Crippen molar-refractivity contribution in [3.8, 4) is 11.8 Å². The summed E-state index contributed by atoms with van der Waals surface area (Å²) in [5.74, 6) is 2.05. The Morgan fingerprint density at radius 3 is 2.61 bits per heavy atom. The third-order valence-corrected chi connectivity index (χ3v) is 6.54. The fraction of sp³-hybridized carbons (Fsp3) is 0.500. The number of aliphatic imine (C=N–C) groups is 1. The Morgan fingerprint density at radius 2 is 2.00 bits per heavy atom. The molecule has 0 aliphatic heterocycles. The van der Waals surface area contributed by atoms with E-state index in [1.165, 1.54) is 10.4 Å². The third-order valence-electron chi connectivity index (χ3n) is 5.38. The predicted octanol–water partition coefficient (Wildman–Crippen LogP) is 6.56. The highest BCUT2D eigenvalue weighted by Gasteiger charge is 2.32. The number of fused-ring (bicyclic) bond motifs is 1. The number of rotatable bonds is 5. The fourth-order valence-corrected chi connectivity index (χ4v) is 4.78. The standard InChI is InChI=1S/C24H30N2OS/c1-16(2)15-27-19-9-6-17(7-10-19)14-26-23-21(13-25)20-11-8-18(24(3,4)5)12-22(20)28-23/h6-7,9-10,14,16,18H,8,11-12,15H2,1-5H3/t18-/m1/s1. The molecule has 0 spiro atoms. The van der Waals surface area contributed by atoms with Crippen LogP contribution in [0.5, 0.6) is 5.75 Å². The minimum absolute atomic E-state index is 0.303. The maximum absolute atomic E-state index is 9.69. The normalized spacial score (nSPS) is 17.0. The molecule has 1 aliphatic carbocycles. The van der Waals surface area contributed by atoms with Crippen LogP contribution < -0.4 is 4.74 Å². The molecule has 0 unspecified atom stereocenters. The van der Waals surface area contributed by atoms with Crippen LogP contribution in [-0.2, 0) is 12.8 Å². The maximum Gasteiger partial charge on any atom is 0.134 e. The van der Waals surface area contributed by atoms with E-state index in [9.17, 15) is 5.26 Å². The molecule has 2 aromatic rings. The van der Waals surface area contributed by atoms with Crippen LogP contribution in [0.1, 0.15) is 62.6 Å². The minimum atomic E-state index is 0.303. The molecular weight excluding hydrogens is 364 g/mol. The summed E-state index contributed by atoms with van der Waals surface area (Å²) in [5.41, 5.74) is 3.33. The van der Waals surface area contributed by atoms with E-state index in [0.29, 0.717) is 17.3 Å². The molecule has 0 amide bonds. The second kappa shape index (κ2) is 8.49. The zero-order valence-corrected chi connectivity index (χ0v) is 18.4. The van der Waals surface area contributed by atoms with Gasteiger partial charge in [0.15, 0.2) is 0 Å². The summed E-state index contributed by atoms with van der Waals surface area (Å²) in [4.78, 5) is 6.03. The highest BCUT2D eigenvalue weighted by Crippen LogP contribution is 2.44. The van der Waals surface area contributed by atoms with Crippen molar-refractivity contribution in [1.82, 2.24) is 0 Å². The fourth-order valence-electron chi connectivity index (χ4n) is 3.56. The summed E-state index contributed by atoms with van der Waals surface area (Å²) in [5, 5.41) is 10.5. The molecule has 1 aromatic carbocycles. The Labute approximate surface area is 173 Å². The average molecular weight is 395 g/mol. The Morgan fingerprint density at radius 1 is 1.29 bits per heavy atom. The van der Waals surface area contributed by atoms with E-state index < -0.39 is 0 Å². The summed E-state index contributed by atoms with van der Waals surface area (Å²) < 4.78 is 5.73. The Balaban J connectivity index is 1.76.